The van der Waals surface area contributed by atoms with Gasteiger partial charge in [0.2, 0.25) is 10.0 Å². The van der Waals surface area contributed by atoms with Gasteiger partial charge in [0, 0.05) is 38.9 Å². The summed E-state index contributed by atoms with van der Waals surface area (Å²) in [5.74, 6) is 0.601. The first-order valence-electron chi connectivity index (χ1n) is 7.65. The van der Waals surface area contributed by atoms with Gasteiger partial charge in [0.15, 0.2) is 5.96 Å². The predicted octanol–water partition coefficient (Wildman–Crippen LogP) is 1.42. The Morgan fingerprint density at radius 1 is 1.42 bits per heavy atom. The van der Waals surface area contributed by atoms with Crippen molar-refractivity contribution in [2.75, 3.05) is 26.4 Å². The summed E-state index contributed by atoms with van der Waals surface area (Å²) in [4.78, 5) is 4.16. The lowest BCUT2D eigenvalue weighted by Crippen LogP contribution is -2.46. The molecule has 0 unspecified atom stereocenters. The van der Waals surface area contributed by atoms with Gasteiger partial charge in [0.1, 0.15) is 5.15 Å². The van der Waals surface area contributed by atoms with Crippen LogP contribution in [-0.4, -0.2) is 55.7 Å². The number of hydrogen-bond donors (Lipinski definition) is 2. The fraction of sp³-hybridized carbons (Fsp3) is 0.643. The Morgan fingerprint density at radius 2 is 2.12 bits per heavy atom. The van der Waals surface area contributed by atoms with Crippen LogP contribution >= 0.6 is 23.2 Å². The molecule has 136 valence electrons. The van der Waals surface area contributed by atoms with E-state index >= 15 is 0 Å². The summed E-state index contributed by atoms with van der Waals surface area (Å²) < 4.78 is 26.9. The molecule has 0 aliphatic carbocycles. The van der Waals surface area contributed by atoms with Gasteiger partial charge in [-0.2, -0.15) is 4.31 Å². The van der Waals surface area contributed by atoms with Gasteiger partial charge >= 0.3 is 0 Å². The SMILES string of the molecule is CN=C(NCc1cc(Cl)c(Cl)n1C)NC[C@H]1CCCN1S(C)(=O)=O. The molecule has 7 nitrogen and oxygen atoms in total. The van der Waals surface area contributed by atoms with Crippen LogP contribution in [0, 0.1) is 0 Å². The van der Waals surface area contributed by atoms with Crippen molar-refractivity contribution in [1.29, 1.82) is 0 Å². The molecule has 1 aliphatic rings. The van der Waals surface area contributed by atoms with Crippen molar-refractivity contribution in [2.24, 2.45) is 12.0 Å². The first kappa shape index (κ1) is 19.4. The monoisotopic (exact) mass is 395 g/mol. The minimum atomic E-state index is -3.17. The third-order valence-corrected chi connectivity index (χ3v) is 6.31. The van der Waals surface area contributed by atoms with Gasteiger partial charge in [-0.1, -0.05) is 23.2 Å². The van der Waals surface area contributed by atoms with Crippen LogP contribution in [0.25, 0.3) is 0 Å². The van der Waals surface area contributed by atoms with E-state index < -0.39 is 10.0 Å². The first-order valence-corrected chi connectivity index (χ1v) is 10.3. The molecule has 0 bridgehead atoms. The van der Waals surface area contributed by atoms with Gasteiger partial charge in [-0.3, -0.25) is 4.99 Å². The summed E-state index contributed by atoms with van der Waals surface area (Å²) in [6.45, 7) is 1.60. The van der Waals surface area contributed by atoms with E-state index in [2.05, 4.69) is 15.6 Å². The molecule has 2 N–H and O–H groups in total. The molecular weight excluding hydrogens is 373 g/mol. The third-order valence-electron chi connectivity index (χ3n) is 4.13. The third kappa shape index (κ3) is 4.56. The number of aromatic nitrogens is 1. The quantitative estimate of drug-likeness (QED) is 0.583. The van der Waals surface area contributed by atoms with Crippen molar-refractivity contribution in [3.63, 3.8) is 0 Å². The molecule has 0 amide bonds. The summed E-state index contributed by atoms with van der Waals surface area (Å²) in [5, 5.41) is 7.36. The highest BCUT2D eigenvalue weighted by atomic mass is 35.5. The minimum absolute atomic E-state index is 0.0440. The molecule has 2 rings (SSSR count). The van der Waals surface area contributed by atoms with Gasteiger partial charge < -0.3 is 15.2 Å². The van der Waals surface area contributed by atoms with Crippen molar-refractivity contribution < 1.29 is 8.42 Å². The molecule has 2 heterocycles. The highest BCUT2D eigenvalue weighted by Crippen LogP contribution is 2.25. The number of nitrogens with zero attached hydrogens (tertiary/aromatic N) is 3. The van der Waals surface area contributed by atoms with Crippen molar-refractivity contribution in [3.05, 3.63) is 21.9 Å². The van der Waals surface area contributed by atoms with Crippen LogP contribution in [0.2, 0.25) is 10.2 Å². The Morgan fingerprint density at radius 3 is 2.67 bits per heavy atom. The number of hydrogen-bond acceptors (Lipinski definition) is 3. The summed E-state index contributed by atoms with van der Waals surface area (Å²) in [6.07, 6.45) is 2.98. The van der Waals surface area contributed by atoms with Gasteiger partial charge in [-0.05, 0) is 18.9 Å². The van der Waals surface area contributed by atoms with E-state index in [0.717, 1.165) is 18.5 Å². The number of rotatable bonds is 5. The Balaban J connectivity index is 1.90. The van der Waals surface area contributed by atoms with Crippen LogP contribution in [0.5, 0.6) is 0 Å². The fourth-order valence-corrected chi connectivity index (χ4v) is 4.42. The highest BCUT2D eigenvalue weighted by Gasteiger charge is 2.31. The molecule has 1 saturated heterocycles. The molecule has 1 aromatic heterocycles. The van der Waals surface area contributed by atoms with Crippen molar-refractivity contribution in [1.82, 2.24) is 19.5 Å². The molecule has 0 radical (unpaired) electrons. The average molecular weight is 396 g/mol. The van der Waals surface area contributed by atoms with E-state index in [-0.39, 0.29) is 6.04 Å². The maximum absolute atomic E-state index is 11.8. The Hall–Kier alpha value is -0.960. The van der Waals surface area contributed by atoms with Crippen molar-refractivity contribution >= 4 is 39.2 Å². The molecule has 0 spiro atoms. The van der Waals surface area contributed by atoms with Crippen LogP contribution in [-0.2, 0) is 23.6 Å². The van der Waals surface area contributed by atoms with Gasteiger partial charge in [0.05, 0.1) is 17.8 Å². The maximum atomic E-state index is 11.8. The molecule has 10 heteroatoms. The molecule has 1 aromatic rings. The van der Waals surface area contributed by atoms with E-state index in [1.54, 1.807) is 22.0 Å². The number of guanidine groups is 1. The van der Waals surface area contributed by atoms with E-state index in [0.29, 0.717) is 35.8 Å². The number of aliphatic imine (C=N–C) groups is 1. The molecule has 1 aliphatic heterocycles. The van der Waals surface area contributed by atoms with E-state index in [1.807, 2.05) is 7.05 Å². The number of nitrogens with one attached hydrogen (secondary N) is 2. The largest absolute Gasteiger partial charge is 0.355 e. The Kier molecular flexibility index (Phi) is 6.41. The Bertz CT molecular complexity index is 717. The zero-order valence-electron chi connectivity index (χ0n) is 14.0. The molecule has 0 aromatic carbocycles. The molecule has 1 atom stereocenters. The molecular formula is C14H23Cl2N5O2S. The predicted molar refractivity (Wildman–Crippen MR) is 98.2 cm³/mol. The summed E-state index contributed by atoms with van der Waals surface area (Å²) in [7, 11) is 0.338. The van der Waals surface area contributed by atoms with E-state index in [4.69, 9.17) is 23.2 Å². The smallest absolute Gasteiger partial charge is 0.211 e. The van der Waals surface area contributed by atoms with Crippen LogP contribution in [0.4, 0.5) is 0 Å². The van der Waals surface area contributed by atoms with Crippen LogP contribution in [0.15, 0.2) is 11.1 Å². The van der Waals surface area contributed by atoms with E-state index in [9.17, 15) is 8.42 Å². The lowest BCUT2D eigenvalue weighted by molar-refractivity contribution is 0.387. The average Bonchev–Trinajstić information content (AvgIpc) is 3.08. The second-order valence-corrected chi connectivity index (χ2v) is 8.51. The number of halogens is 2. The Labute approximate surface area is 153 Å². The van der Waals surface area contributed by atoms with Crippen molar-refractivity contribution in [3.8, 4) is 0 Å². The lowest BCUT2D eigenvalue weighted by atomic mass is 10.2. The van der Waals surface area contributed by atoms with Gasteiger partial charge in [0.25, 0.3) is 0 Å². The second-order valence-electron chi connectivity index (χ2n) is 5.81. The van der Waals surface area contributed by atoms with Gasteiger partial charge in [-0.15, -0.1) is 0 Å². The minimum Gasteiger partial charge on any atom is -0.355 e. The topological polar surface area (TPSA) is 78.7 Å². The zero-order valence-corrected chi connectivity index (χ0v) is 16.3. The maximum Gasteiger partial charge on any atom is 0.211 e. The summed E-state index contributed by atoms with van der Waals surface area (Å²) in [5.41, 5.74) is 0.923. The first-order chi connectivity index (χ1) is 11.2. The standard InChI is InChI=1S/C14H23Cl2N5O2S/c1-17-14(19-9-11-7-12(15)13(16)20(11)2)18-8-10-5-4-6-21(10)24(3,22)23/h7,10H,4-6,8-9H2,1-3H3,(H2,17,18,19)/t10-/m1/s1. The summed E-state index contributed by atoms with van der Waals surface area (Å²) in [6, 6.07) is 1.75. The molecule has 0 saturated carbocycles. The summed E-state index contributed by atoms with van der Waals surface area (Å²) >= 11 is 12.0. The van der Waals surface area contributed by atoms with Crippen LogP contribution in [0.1, 0.15) is 18.5 Å². The number of sulfonamides is 1. The molecule has 1 fully saturated rings. The van der Waals surface area contributed by atoms with Crippen molar-refractivity contribution in [2.45, 2.75) is 25.4 Å². The normalized spacial score (nSPS) is 19.7. The van der Waals surface area contributed by atoms with Crippen LogP contribution < -0.4 is 10.6 Å². The second kappa shape index (κ2) is 7.95. The zero-order chi connectivity index (χ0) is 17.9. The molecule has 24 heavy (non-hydrogen) atoms. The highest BCUT2D eigenvalue weighted by molar-refractivity contribution is 7.88. The van der Waals surface area contributed by atoms with E-state index in [1.165, 1.54) is 6.26 Å². The lowest BCUT2D eigenvalue weighted by Gasteiger charge is -2.23. The fourth-order valence-electron chi connectivity index (χ4n) is 2.82. The van der Waals surface area contributed by atoms with Crippen LogP contribution in [0.3, 0.4) is 0 Å². The van der Waals surface area contributed by atoms with Gasteiger partial charge in [-0.25, -0.2) is 8.42 Å².